The van der Waals surface area contributed by atoms with E-state index in [-0.39, 0.29) is 0 Å². The molecule has 0 amide bonds. The third-order valence-electron chi connectivity index (χ3n) is 5.69. The number of rotatable bonds is 4. The summed E-state index contributed by atoms with van der Waals surface area (Å²) in [6, 6.07) is 18.9. The van der Waals surface area contributed by atoms with Crippen LogP contribution in [0.1, 0.15) is 23.3 Å². The summed E-state index contributed by atoms with van der Waals surface area (Å²) in [4.78, 5) is 7.75. The van der Waals surface area contributed by atoms with Gasteiger partial charge in [-0.25, -0.2) is 4.98 Å². The van der Waals surface area contributed by atoms with Gasteiger partial charge < -0.3 is 9.47 Å². The second-order valence-electron chi connectivity index (χ2n) is 7.38. The maximum atomic E-state index is 5.52. The van der Waals surface area contributed by atoms with Crippen LogP contribution >= 0.6 is 11.3 Å². The minimum atomic E-state index is 0.721. The number of thiophene rings is 1. The molecule has 0 radical (unpaired) electrons. The standard InChI is InChI=1S/C25H23NO2S/c1-27-21-13-12-17(14-22(21)28-2)20-15-19(16-8-4-3-5-9-16)24-18-10-6-7-11-23(18)29-25(24)26-20/h3-5,8-9,12-15H,6-7,10-11H2,1-2H3. The molecule has 0 fully saturated rings. The average Bonchev–Trinajstić information content (AvgIpc) is 3.17. The molecule has 4 heteroatoms. The van der Waals surface area contributed by atoms with Crippen molar-refractivity contribution in [1.82, 2.24) is 4.98 Å². The van der Waals surface area contributed by atoms with Gasteiger partial charge in [-0.3, -0.25) is 0 Å². The lowest BCUT2D eigenvalue weighted by Gasteiger charge is -2.14. The largest absolute Gasteiger partial charge is 0.493 e. The number of hydrogen-bond donors (Lipinski definition) is 0. The van der Waals surface area contributed by atoms with Crippen LogP contribution in [0, 0.1) is 0 Å². The lowest BCUT2D eigenvalue weighted by Crippen LogP contribution is -1.99. The molecule has 1 aliphatic carbocycles. The minimum absolute atomic E-state index is 0.721. The fraction of sp³-hybridized carbons (Fsp3) is 0.240. The summed E-state index contributed by atoms with van der Waals surface area (Å²) in [5.74, 6) is 1.45. The molecule has 2 heterocycles. The summed E-state index contributed by atoms with van der Waals surface area (Å²) in [7, 11) is 3.33. The smallest absolute Gasteiger partial charge is 0.161 e. The highest BCUT2D eigenvalue weighted by Gasteiger charge is 2.21. The number of aryl methyl sites for hydroxylation is 2. The Balaban J connectivity index is 1.76. The molecule has 1 aliphatic rings. The number of pyridine rings is 1. The maximum absolute atomic E-state index is 5.52. The van der Waals surface area contributed by atoms with E-state index in [9.17, 15) is 0 Å². The number of aromatic nitrogens is 1. The fourth-order valence-electron chi connectivity index (χ4n) is 4.25. The average molecular weight is 402 g/mol. The van der Waals surface area contributed by atoms with E-state index in [0.29, 0.717) is 0 Å². The SMILES string of the molecule is COc1ccc(-c2cc(-c3ccccc3)c3c4c(sc3n2)CCCC4)cc1OC. The van der Waals surface area contributed by atoms with E-state index in [1.807, 2.05) is 23.5 Å². The number of nitrogens with zero attached hydrogens (tertiary/aromatic N) is 1. The molecule has 0 atom stereocenters. The van der Waals surface area contributed by atoms with Crippen molar-refractivity contribution in [3.63, 3.8) is 0 Å². The van der Waals surface area contributed by atoms with Gasteiger partial charge >= 0.3 is 0 Å². The van der Waals surface area contributed by atoms with Crippen LogP contribution in [0.5, 0.6) is 11.5 Å². The summed E-state index contributed by atoms with van der Waals surface area (Å²) >= 11 is 1.87. The molecule has 29 heavy (non-hydrogen) atoms. The molecule has 3 nitrogen and oxygen atoms in total. The highest BCUT2D eigenvalue weighted by molar-refractivity contribution is 7.19. The fourth-order valence-corrected chi connectivity index (χ4v) is 5.53. The monoisotopic (exact) mass is 401 g/mol. The van der Waals surface area contributed by atoms with Gasteiger partial charge in [0.1, 0.15) is 4.83 Å². The predicted octanol–water partition coefficient (Wildman–Crippen LogP) is 6.53. The Hall–Kier alpha value is -2.85. The van der Waals surface area contributed by atoms with E-state index in [2.05, 4.69) is 42.5 Å². The molecule has 0 spiro atoms. The molecule has 4 aromatic rings. The summed E-state index contributed by atoms with van der Waals surface area (Å²) < 4.78 is 10.9. The Labute approximate surface area is 174 Å². The number of benzene rings is 2. The molecule has 0 N–H and O–H groups in total. The van der Waals surface area contributed by atoms with E-state index in [1.54, 1.807) is 14.2 Å². The molecule has 0 bridgehead atoms. The number of ether oxygens (including phenoxy) is 2. The number of methoxy groups -OCH3 is 2. The van der Waals surface area contributed by atoms with Gasteiger partial charge in [0.25, 0.3) is 0 Å². The van der Waals surface area contributed by atoms with Crippen LogP contribution in [0.3, 0.4) is 0 Å². The maximum Gasteiger partial charge on any atom is 0.161 e. The van der Waals surface area contributed by atoms with Gasteiger partial charge in [-0.1, -0.05) is 30.3 Å². The first-order valence-corrected chi connectivity index (χ1v) is 10.8. The summed E-state index contributed by atoms with van der Waals surface area (Å²) in [6.45, 7) is 0. The van der Waals surface area contributed by atoms with E-state index in [0.717, 1.165) is 34.0 Å². The normalized spacial score (nSPS) is 13.3. The van der Waals surface area contributed by atoms with Gasteiger partial charge in [0, 0.05) is 15.8 Å². The number of fused-ring (bicyclic) bond motifs is 3. The number of hydrogen-bond acceptors (Lipinski definition) is 4. The molecule has 2 aromatic carbocycles. The van der Waals surface area contributed by atoms with E-state index >= 15 is 0 Å². The lowest BCUT2D eigenvalue weighted by molar-refractivity contribution is 0.355. The van der Waals surface area contributed by atoms with Gasteiger partial charge in [0.15, 0.2) is 11.5 Å². The third kappa shape index (κ3) is 3.18. The Morgan fingerprint density at radius 1 is 0.828 bits per heavy atom. The molecular weight excluding hydrogens is 378 g/mol. The molecular formula is C25H23NO2S. The van der Waals surface area contributed by atoms with Crippen molar-refractivity contribution in [3.8, 4) is 33.9 Å². The molecule has 5 rings (SSSR count). The molecule has 0 aliphatic heterocycles. The highest BCUT2D eigenvalue weighted by Crippen LogP contribution is 2.43. The Morgan fingerprint density at radius 2 is 1.62 bits per heavy atom. The van der Waals surface area contributed by atoms with Crippen LogP contribution in [0.15, 0.2) is 54.6 Å². The molecule has 0 saturated carbocycles. The zero-order valence-electron chi connectivity index (χ0n) is 16.7. The molecule has 146 valence electrons. The van der Waals surface area contributed by atoms with Crippen molar-refractivity contribution in [3.05, 3.63) is 65.0 Å². The van der Waals surface area contributed by atoms with E-state index in [4.69, 9.17) is 14.5 Å². The van der Waals surface area contributed by atoms with Crippen LogP contribution in [-0.4, -0.2) is 19.2 Å². The molecule has 0 unspecified atom stereocenters. The zero-order chi connectivity index (χ0) is 19.8. The molecule has 0 saturated heterocycles. The highest BCUT2D eigenvalue weighted by atomic mass is 32.1. The second-order valence-corrected chi connectivity index (χ2v) is 8.47. The first-order chi connectivity index (χ1) is 14.3. The van der Waals surface area contributed by atoms with Gasteiger partial charge in [-0.05, 0) is 66.6 Å². The topological polar surface area (TPSA) is 31.4 Å². The first-order valence-electron chi connectivity index (χ1n) is 10.0. The van der Waals surface area contributed by atoms with Gasteiger partial charge in [0.2, 0.25) is 0 Å². The Kier molecular flexibility index (Phi) is 4.72. The van der Waals surface area contributed by atoms with Crippen LogP contribution in [0.25, 0.3) is 32.6 Å². The third-order valence-corrected chi connectivity index (χ3v) is 6.87. The van der Waals surface area contributed by atoms with E-state index < -0.39 is 0 Å². The van der Waals surface area contributed by atoms with Crippen LogP contribution in [0.2, 0.25) is 0 Å². The second kappa shape index (κ2) is 7.53. The van der Waals surface area contributed by atoms with Crippen molar-refractivity contribution >= 4 is 21.6 Å². The van der Waals surface area contributed by atoms with E-state index in [1.165, 1.54) is 46.2 Å². The van der Waals surface area contributed by atoms with Crippen molar-refractivity contribution in [2.75, 3.05) is 14.2 Å². The first kappa shape index (κ1) is 18.2. The predicted molar refractivity (Wildman–Crippen MR) is 120 cm³/mol. The van der Waals surface area contributed by atoms with Crippen LogP contribution < -0.4 is 9.47 Å². The zero-order valence-corrected chi connectivity index (χ0v) is 17.5. The van der Waals surface area contributed by atoms with Crippen LogP contribution in [0.4, 0.5) is 0 Å². The Morgan fingerprint density at radius 3 is 2.41 bits per heavy atom. The minimum Gasteiger partial charge on any atom is -0.493 e. The van der Waals surface area contributed by atoms with Gasteiger partial charge in [-0.2, -0.15) is 0 Å². The van der Waals surface area contributed by atoms with Crippen molar-refractivity contribution < 1.29 is 9.47 Å². The quantitative estimate of drug-likeness (QED) is 0.390. The molecule has 2 aromatic heterocycles. The van der Waals surface area contributed by atoms with Crippen molar-refractivity contribution in [1.29, 1.82) is 0 Å². The van der Waals surface area contributed by atoms with Crippen LogP contribution in [-0.2, 0) is 12.8 Å². The van der Waals surface area contributed by atoms with Crippen molar-refractivity contribution in [2.24, 2.45) is 0 Å². The Bertz CT molecular complexity index is 1180. The van der Waals surface area contributed by atoms with Crippen molar-refractivity contribution in [2.45, 2.75) is 25.7 Å². The summed E-state index contributed by atoms with van der Waals surface area (Å²) in [5, 5.41) is 1.35. The van der Waals surface area contributed by atoms with Gasteiger partial charge in [0.05, 0.1) is 19.9 Å². The summed E-state index contributed by atoms with van der Waals surface area (Å²) in [5.41, 5.74) is 6.04. The van der Waals surface area contributed by atoms with Gasteiger partial charge in [-0.15, -0.1) is 11.3 Å². The summed E-state index contributed by atoms with van der Waals surface area (Å²) in [6.07, 6.45) is 4.89. The lowest BCUT2D eigenvalue weighted by atomic mass is 9.92.